The number of hydrogen-bond acceptors (Lipinski definition) is 13. The van der Waals surface area contributed by atoms with Crippen LogP contribution in [0.25, 0.3) is 55.0 Å². The average Bonchev–Trinajstić information content (AvgIpc) is 1.74. The summed E-state index contributed by atoms with van der Waals surface area (Å²) in [4.78, 5) is 35.5. The molecular weight excluding hydrogens is 1620 g/mol. The van der Waals surface area contributed by atoms with Crippen molar-refractivity contribution in [2.24, 2.45) is 0 Å². The van der Waals surface area contributed by atoms with Crippen LogP contribution in [0.3, 0.4) is 0 Å². The molecule has 14 heterocycles. The van der Waals surface area contributed by atoms with E-state index in [1.165, 1.54) is 56.3 Å². The second kappa shape index (κ2) is 38.5. The molecule has 16 aromatic rings. The molecule has 0 spiro atoms. The number of halogens is 4. The number of H-pyrrole nitrogens is 3. The monoisotopic (exact) mass is 1750 g/mol. The highest BCUT2D eigenvalue weighted by Crippen LogP contribution is 2.36. The second-order valence-electron chi connectivity index (χ2n) is 41.4. The summed E-state index contributed by atoms with van der Waals surface area (Å²) >= 11 is 18.0. The number of nitrogens with two attached hydrogens (primary N) is 5. The molecular formula is C101H136Cl3FN20. The maximum Gasteiger partial charge on any atom is 0.205 e. The Balaban J connectivity index is 0.000000174. The van der Waals surface area contributed by atoms with Crippen molar-refractivity contribution < 1.29 is 4.39 Å². The normalized spacial score (nSPS) is 12.2. The van der Waals surface area contributed by atoms with E-state index in [4.69, 9.17) is 63.5 Å². The molecule has 13 N–H and O–H groups in total. The Morgan fingerprint density at radius 1 is 0.408 bits per heavy atom. The number of imidazole rings is 3. The largest absolute Gasteiger partial charge is 0.384 e. The van der Waals surface area contributed by atoms with E-state index >= 15 is 0 Å². The Labute approximate surface area is 755 Å². The van der Waals surface area contributed by atoms with Gasteiger partial charge in [0.1, 0.15) is 40.9 Å². The highest BCUT2D eigenvalue weighted by molar-refractivity contribution is 6.36. The fourth-order valence-corrected chi connectivity index (χ4v) is 14.9. The van der Waals surface area contributed by atoms with Crippen LogP contribution in [0.5, 0.6) is 0 Å². The molecule has 0 aliphatic rings. The summed E-state index contributed by atoms with van der Waals surface area (Å²) in [5, 5.41) is 12.4. The molecule has 0 atom stereocenters. The van der Waals surface area contributed by atoms with Crippen LogP contribution >= 0.6 is 34.8 Å². The number of nitrogens with one attached hydrogen (secondary N) is 3. The van der Waals surface area contributed by atoms with Gasteiger partial charge in [0.2, 0.25) is 11.9 Å². The molecule has 0 amide bonds. The van der Waals surface area contributed by atoms with Gasteiger partial charge in [0, 0.05) is 110 Å². The highest BCUT2D eigenvalue weighted by Gasteiger charge is 2.26. The molecule has 0 unspecified atom stereocenters. The standard InChI is InChI=1S/C12H13ClFN.C12H17N3.C12H16N2.2C11H13ClN2.2C11H15N3.C11H18N2.C10H16N2/c1-12(2,3)8-4-7-9(13)6-15-11(7)5-10(8)14;1-8-10-7-9(12(2,3)4)5-6-15(10)11(13)14-8;1-9-7-13-11-6-5-10(12(2,3)4)14(11)8-9;1-11(2,3)7-4-8-9(12)6-14-10(8)13-5-7;1-11(2,3)10-8-6-7(12)4-5-9(8)13-14-10;1-11(2,3)8-4-5-14-9(6-8)7-13-10(14)12;1-11(2,3)8-4-5-9-10(12)13-7-14(9)6-8;1-7-6-9(12)13-8(2)10(7)11(3,4)5;1-7-8(10(2,3)4)5-6-9(11)12-7/h4-6,15H,1-3H3;5-7H,1-4H3,(H2,13,14);5-8H,1-4H3;2*4-6H,1-3H3,(H,13,14);4-7H,1-3H3,(H2,12,13);4-7H,12H2,1-3H3;6H,1-5H3,(H2,12,13);5-6H,1-4H3,(H2,11,12). The molecule has 16 rings (SSSR count). The van der Waals surface area contributed by atoms with E-state index in [1.807, 2.05) is 122 Å². The molecule has 0 aliphatic carbocycles. The number of pyridine rings is 6. The molecule has 20 nitrogen and oxygen atoms in total. The van der Waals surface area contributed by atoms with E-state index in [2.05, 4.69) is 306 Å². The summed E-state index contributed by atoms with van der Waals surface area (Å²) in [6.45, 7) is 68.6. The minimum absolute atomic E-state index is 0.0689. The summed E-state index contributed by atoms with van der Waals surface area (Å²) in [5.41, 5.74) is 52.3. The minimum atomic E-state index is -0.209. The van der Waals surface area contributed by atoms with Crippen LogP contribution in [0.15, 0.2) is 165 Å². The van der Waals surface area contributed by atoms with Crippen molar-refractivity contribution >= 4 is 119 Å². The van der Waals surface area contributed by atoms with E-state index in [1.54, 1.807) is 24.9 Å². The molecule has 0 aliphatic heterocycles. The number of aromatic nitrogens is 15. The van der Waals surface area contributed by atoms with Crippen molar-refractivity contribution in [3.8, 4) is 0 Å². The number of hydrogen-bond donors (Lipinski definition) is 8. The molecule has 668 valence electrons. The number of fused-ring (bicyclic) bond motifs is 7. The summed E-state index contributed by atoms with van der Waals surface area (Å²) < 4.78 is 21.7. The zero-order valence-electron chi connectivity index (χ0n) is 79.9. The van der Waals surface area contributed by atoms with Crippen molar-refractivity contribution in [3.63, 3.8) is 0 Å². The summed E-state index contributed by atoms with van der Waals surface area (Å²) in [6.07, 6.45) is 19.0. The van der Waals surface area contributed by atoms with Crippen molar-refractivity contribution in [2.75, 3.05) is 28.7 Å². The van der Waals surface area contributed by atoms with Gasteiger partial charge in [-0.15, -0.1) is 0 Å². The van der Waals surface area contributed by atoms with E-state index < -0.39 is 0 Å². The Morgan fingerprint density at radius 2 is 1.00 bits per heavy atom. The van der Waals surface area contributed by atoms with Crippen LogP contribution in [-0.4, -0.2) is 72.7 Å². The first-order valence-electron chi connectivity index (χ1n) is 42.3. The minimum Gasteiger partial charge on any atom is -0.384 e. The summed E-state index contributed by atoms with van der Waals surface area (Å²) in [5.74, 6) is 2.71. The number of aryl methyl sites for hydroxylation is 5. The summed E-state index contributed by atoms with van der Waals surface area (Å²) in [6, 6.07) is 33.8. The van der Waals surface area contributed by atoms with Crippen LogP contribution in [0.2, 0.25) is 15.1 Å². The third-order valence-corrected chi connectivity index (χ3v) is 22.1. The molecule has 24 heteroatoms. The van der Waals surface area contributed by atoms with Crippen molar-refractivity contribution in [1.82, 2.24) is 72.7 Å². The van der Waals surface area contributed by atoms with Crippen LogP contribution in [0.1, 0.15) is 265 Å². The van der Waals surface area contributed by atoms with Crippen LogP contribution < -0.4 is 28.7 Å². The van der Waals surface area contributed by atoms with Crippen molar-refractivity contribution in [3.05, 3.63) is 265 Å². The predicted octanol–water partition coefficient (Wildman–Crippen LogP) is 26.0. The van der Waals surface area contributed by atoms with Gasteiger partial charge in [0.15, 0.2) is 0 Å². The third kappa shape index (κ3) is 25.9. The highest BCUT2D eigenvalue weighted by atomic mass is 35.5. The number of benzene rings is 2. The fourth-order valence-electron chi connectivity index (χ4n) is 14.4. The number of rotatable bonds is 0. The first kappa shape index (κ1) is 99.4. The van der Waals surface area contributed by atoms with Gasteiger partial charge in [-0.1, -0.05) is 234 Å². The SMILES string of the molecule is CC(C)(C)c1[nH]nc2ccc(Cl)cc12.CC(C)(C)c1cc2c(Cl)c[nH]c2cc1F.CC(C)(C)c1ccc2c(N)ncn2c1.CC(C)(C)c1ccn2c(N)ncc2c1.CC(C)(C)c1cnc2[nH]cc(Cl)c2c1.Cc1cc(N)nc(C)c1C(C)(C)C.Cc1cnc2ccc(C(C)(C)C)n2c1.Cc1nc(N)ccc1C(C)(C)C.Cc1nc(N)n2ccc(C(C)(C)C)cc12. The number of anilines is 5. The lowest BCUT2D eigenvalue weighted by Gasteiger charge is -2.23. The van der Waals surface area contributed by atoms with Crippen molar-refractivity contribution in [2.45, 2.75) is 270 Å². The topological polar surface area (TPSA) is 298 Å². The Kier molecular flexibility index (Phi) is 30.6. The summed E-state index contributed by atoms with van der Waals surface area (Å²) in [7, 11) is 0. The zero-order chi connectivity index (χ0) is 93.7. The Morgan fingerprint density at radius 3 is 1.58 bits per heavy atom. The lowest BCUT2D eigenvalue weighted by molar-refractivity contribution is 0.524. The van der Waals surface area contributed by atoms with Crippen LogP contribution in [-0.2, 0) is 48.7 Å². The average molecular weight is 1760 g/mol. The van der Waals surface area contributed by atoms with Gasteiger partial charge < -0.3 is 47.4 Å². The quantitative estimate of drug-likeness (QED) is 0.0701. The molecule has 0 saturated carbocycles. The lowest BCUT2D eigenvalue weighted by atomic mass is 9.83. The van der Waals surface area contributed by atoms with Crippen LogP contribution in [0.4, 0.5) is 33.7 Å². The Hall–Kier alpha value is -11.0. The maximum atomic E-state index is 13.8. The second-order valence-corrected chi connectivity index (χ2v) is 42.7. The van der Waals surface area contributed by atoms with Gasteiger partial charge in [-0.3, -0.25) is 13.9 Å². The number of nitrogens with zero attached hydrogens (tertiary/aromatic N) is 12. The van der Waals surface area contributed by atoms with Gasteiger partial charge in [0.25, 0.3) is 0 Å². The number of aromatic amines is 3. The first-order valence-corrected chi connectivity index (χ1v) is 43.4. The van der Waals surface area contributed by atoms with E-state index in [-0.39, 0.29) is 54.6 Å². The maximum absolute atomic E-state index is 13.8. The van der Waals surface area contributed by atoms with Gasteiger partial charge in [-0.2, -0.15) is 5.10 Å². The first-order chi connectivity index (χ1) is 57.4. The predicted molar refractivity (Wildman–Crippen MR) is 529 cm³/mol. The van der Waals surface area contributed by atoms with Gasteiger partial charge in [-0.25, -0.2) is 39.3 Å². The Bertz CT molecular complexity index is 6170. The van der Waals surface area contributed by atoms with Gasteiger partial charge in [0.05, 0.1) is 44.0 Å². The van der Waals surface area contributed by atoms with Crippen LogP contribution in [0, 0.1) is 40.4 Å². The van der Waals surface area contributed by atoms with Gasteiger partial charge in [-0.05, 0) is 214 Å². The lowest BCUT2D eigenvalue weighted by Crippen LogP contribution is -2.16. The molecule has 0 saturated heterocycles. The van der Waals surface area contributed by atoms with E-state index in [9.17, 15) is 4.39 Å². The van der Waals surface area contributed by atoms with E-state index in [0.29, 0.717) is 39.9 Å². The molecule has 0 fully saturated rings. The van der Waals surface area contributed by atoms with Gasteiger partial charge >= 0.3 is 0 Å². The smallest absolute Gasteiger partial charge is 0.205 e. The van der Waals surface area contributed by atoms with E-state index in [0.717, 1.165) is 87.9 Å². The third-order valence-electron chi connectivity index (χ3n) is 21.2. The molecule has 0 radical (unpaired) electrons. The molecule has 0 bridgehead atoms. The molecule has 2 aromatic carbocycles. The van der Waals surface area contributed by atoms with Crippen molar-refractivity contribution in [1.29, 1.82) is 0 Å². The molecule has 14 aromatic heterocycles. The number of nitrogen functional groups attached to an aromatic ring is 5. The fraction of sp³-hybridized carbons (Fsp3) is 0.406. The molecule has 125 heavy (non-hydrogen) atoms. The zero-order valence-corrected chi connectivity index (χ0v) is 82.1.